The van der Waals surface area contributed by atoms with Crippen LogP contribution in [0.25, 0.3) is 10.8 Å². The van der Waals surface area contributed by atoms with Crippen LogP contribution in [0.3, 0.4) is 0 Å². The maximum atomic E-state index is 5.49. The first kappa shape index (κ1) is 14.1. The third-order valence-electron chi connectivity index (χ3n) is 2.61. The maximum Gasteiger partial charge on any atom is 1.00 e. The van der Waals surface area contributed by atoms with Crippen molar-refractivity contribution in [3.8, 4) is 5.75 Å². The monoisotopic (exact) mass is 222 g/mol. The summed E-state index contributed by atoms with van der Waals surface area (Å²) in [6.45, 7) is 2.41. The van der Waals surface area contributed by atoms with Gasteiger partial charge in [-0.1, -0.05) is 30.0 Å². The van der Waals surface area contributed by atoms with Crippen molar-refractivity contribution in [1.29, 1.82) is 0 Å². The number of rotatable bonds is 4. The average molecular weight is 222 g/mol. The molecule has 2 aromatic carbocycles. The predicted octanol–water partition coefficient (Wildman–Crippen LogP) is 0.189. The van der Waals surface area contributed by atoms with Gasteiger partial charge < -0.3 is 9.47 Å². The molecule has 0 unspecified atom stereocenters. The first-order valence-corrected chi connectivity index (χ1v) is 5.41. The van der Waals surface area contributed by atoms with Crippen LogP contribution in [0.15, 0.2) is 30.3 Å². The molecule has 2 aromatic rings. The molecule has 0 aliphatic heterocycles. The van der Waals surface area contributed by atoms with Crippen molar-refractivity contribution in [2.24, 2.45) is 0 Å². The van der Waals surface area contributed by atoms with Gasteiger partial charge in [-0.05, 0) is 6.42 Å². The van der Waals surface area contributed by atoms with E-state index >= 15 is 0 Å². The fourth-order valence-corrected chi connectivity index (χ4v) is 1.83. The second-order valence-corrected chi connectivity index (χ2v) is 3.59. The number of ether oxygens (including phenoxy) is 2. The number of aryl methyl sites for hydroxylation is 1. The summed E-state index contributed by atoms with van der Waals surface area (Å²) in [5.41, 5.74) is 1.33. The molecule has 0 heterocycles. The van der Waals surface area contributed by atoms with E-state index in [-0.39, 0.29) is 25.7 Å². The van der Waals surface area contributed by atoms with Crippen LogP contribution in [0.4, 0.5) is 0 Å². The van der Waals surface area contributed by atoms with Gasteiger partial charge in [-0.3, -0.25) is 0 Å². The Balaban J connectivity index is 0.00000144. The zero-order chi connectivity index (χ0) is 11.4. The van der Waals surface area contributed by atoms with Gasteiger partial charge in [0.15, 0.2) is 6.79 Å². The predicted molar refractivity (Wildman–Crippen MR) is 64.7 cm³/mol. The van der Waals surface area contributed by atoms with Crippen LogP contribution in [-0.4, -0.2) is 13.9 Å². The van der Waals surface area contributed by atoms with Gasteiger partial charge in [0.25, 0.3) is 0 Å². The van der Waals surface area contributed by atoms with Crippen LogP contribution in [-0.2, 0) is 11.2 Å². The average Bonchev–Trinajstić information content (AvgIpc) is 2.35. The van der Waals surface area contributed by atoms with Gasteiger partial charge in [0.05, 0.1) is 0 Å². The molecule has 0 aromatic heterocycles. The van der Waals surface area contributed by atoms with Gasteiger partial charge in [-0.25, -0.2) is 0 Å². The largest absolute Gasteiger partial charge is 1.00 e. The second-order valence-electron chi connectivity index (χ2n) is 3.59. The van der Waals surface area contributed by atoms with Crippen LogP contribution >= 0.6 is 0 Å². The molecule has 0 saturated heterocycles. The summed E-state index contributed by atoms with van der Waals surface area (Å²) in [5.74, 6) is 0.759. The molecule has 2 nitrogen and oxygen atoms in total. The summed E-state index contributed by atoms with van der Waals surface area (Å²) in [7, 11) is 1.61. The molecule has 2 rings (SSSR count). The molecular weight excluding hydrogens is 207 g/mol. The van der Waals surface area contributed by atoms with E-state index in [0.29, 0.717) is 0 Å². The fraction of sp³-hybridized carbons (Fsp3) is 0.286. The minimum absolute atomic E-state index is 0. The van der Waals surface area contributed by atoms with Crippen molar-refractivity contribution in [3.05, 3.63) is 42.0 Å². The molecular formula is C14H15LiO2. The van der Waals surface area contributed by atoms with E-state index in [1.54, 1.807) is 7.11 Å². The Bertz CT molecular complexity index is 483. The molecule has 0 atom stereocenters. The minimum Gasteiger partial charge on any atom is -0.493 e. The normalized spacial score (nSPS) is 10.0. The van der Waals surface area contributed by atoms with Crippen LogP contribution in [0, 0.1) is 6.07 Å². The smallest absolute Gasteiger partial charge is 0.493 e. The molecule has 0 radical (unpaired) electrons. The van der Waals surface area contributed by atoms with Crippen molar-refractivity contribution in [1.82, 2.24) is 0 Å². The van der Waals surface area contributed by atoms with Crippen LogP contribution in [0.2, 0.25) is 0 Å². The molecule has 17 heavy (non-hydrogen) atoms. The zero-order valence-corrected chi connectivity index (χ0v) is 10.6. The first-order valence-electron chi connectivity index (χ1n) is 5.41. The zero-order valence-electron chi connectivity index (χ0n) is 10.6. The maximum absolute atomic E-state index is 5.49. The molecule has 0 amide bonds. The summed E-state index contributed by atoms with van der Waals surface area (Å²) in [6, 6.07) is 13.3. The van der Waals surface area contributed by atoms with E-state index in [2.05, 4.69) is 37.3 Å². The van der Waals surface area contributed by atoms with Crippen LogP contribution in [0.1, 0.15) is 12.5 Å². The Morgan fingerprint density at radius 3 is 2.71 bits per heavy atom. The molecule has 0 N–H and O–H groups in total. The summed E-state index contributed by atoms with van der Waals surface area (Å²) >= 11 is 0. The quantitative estimate of drug-likeness (QED) is 0.417. The Morgan fingerprint density at radius 1 is 1.18 bits per heavy atom. The number of benzene rings is 2. The number of fused-ring (bicyclic) bond motifs is 1. The molecule has 0 bridgehead atoms. The van der Waals surface area contributed by atoms with Gasteiger partial charge in [0.1, 0.15) is 0 Å². The SMILES string of the molecule is CCc1cccc2c(OCOC)[c-]ccc12.[Li+]. The van der Waals surface area contributed by atoms with Crippen molar-refractivity contribution >= 4 is 10.8 Å². The van der Waals surface area contributed by atoms with Crippen molar-refractivity contribution in [2.45, 2.75) is 13.3 Å². The first-order chi connectivity index (χ1) is 7.86. The van der Waals surface area contributed by atoms with E-state index in [4.69, 9.17) is 9.47 Å². The number of methoxy groups -OCH3 is 1. The summed E-state index contributed by atoms with van der Waals surface area (Å²) in [6.07, 6.45) is 1.02. The van der Waals surface area contributed by atoms with Gasteiger partial charge in [-0.2, -0.15) is 12.1 Å². The van der Waals surface area contributed by atoms with E-state index in [0.717, 1.165) is 17.6 Å². The molecule has 0 fully saturated rings. The van der Waals surface area contributed by atoms with E-state index in [1.807, 2.05) is 6.07 Å². The molecule has 84 valence electrons. The molecule has 0 spiro atoms. The second kappa shape index (κ2) is 6.71. The van der Waals surface area contributed by atoms with Crippen LogP contribution in [0.5, 0.6) is 5.75 Å². The van der Waals surface area contributed by atoms with E-state index < -0.39 is 0 Å². The molecule has 0 saturated carbocycles. The Morgan fingerprint density at radius 2 is 2.00 bits per heavy atom. The van der Waals surface area contributed by atoms with Gasteiger partial charge in [0, 0.05) is 12.9 Å². The summed E-state index contributed by atoms with van der Waals surface area (Å²) in [4.78, 5) is 0. The van der Waals surface area contributed by atoms with Gasteiger partial charge in [0.2, 0.25) is 0 Å². The minimum atomic E-state index is 0. The Labute approximate surface area is 114 Å². The summed E-state index contributed by atoms with van der Waals surface area (Å²) < 4.78 is 10.4. The van der Waals surface area contributed by atoms with E-state index in [9.17, 15) is 0 Å². The molecule has 0 aliphatic rings. The molecule has 0 aliphatic carbocycles. The third kappa shape index (κ3) is 3.04. The Hall–Kier alpha value is -0.943. The third-order valence-corrected chi connectivity index (χ3v) is 2.61. The van der Waals surface area contributed by atoms with E-state index in [1.165, 1.54) is 10.9 Å². The van der Waals surface area contributed by atoms with Gasteiger partial charge >= 0.3 is 18.9 Å². The van der Waals surface area contributed by atoms with Gasteiger partial charge in [-0.15, -0.1) is 17.5 Å². The standard InChI is InChI=1S/C14H15O2.Li/c1-3-11-6-4-8-13-12(11)7-5-9-14(13)16-10-15-2;/h4-8H,3,10H2,1-2H3;/q-1;+1. The Kier molecular flexibility index (Phi) is 5.57. The van der Waals surface area contributed by atoms with Crippen molar-refractivity contribution in [3.63, 3.8) is 0 Å². The topological polar surface area (TPSA) is 18.5 Å². The summed E-state index contributed by atoms with van der Waals surface area (Å²) in [5, 5.41) is 2.33. The number of hydrogen-bond donors (Lipinski definition) is 0. The van der Waals surface area contributed by atoms with Crippen molar-refractivity contribution < 1.29 is 28.3 Å². The van der Waals surface area contributed by atoms with Crippen molar-refractivity contribution in [2.75, 3.05) is 13.9 Å². The molecule has 3 heteroatoms. The number of hydrogen-bond acceptors (Lipinski definition) is 2. The fourth-order valence-electron chi connectivity index (χ4n) is 1.83. The van der Waals surface area contributed by atoms with Crippen LogP contribution < -0.4 is 23.6 Å².